The highest BCUT2D eigenvalue weighted by atomic mass is 15.0. The van der Waals surface area contributed by atoms with Crippen LogP contribution in [0.5, 0.6) is 0 Å². The molecule has 1 aromatic carbocycles. The highest BCUT2D eigenvalue weighted by molar-refractivity contribution is 6.32. The maximum absolute atomic E-state index is 5.64. The summed E-state index contributed by atoms with van der Waals surface area (Å²) in [6.45, 7) is 0.677. The van der Waals surface area contributed by atoms with Crippen LogP contribution in [0.25, 0.3) is 0 Å². The van der Waals surface area contributed by atoms with Crippen molar-refractivity contribution in [2.75, 3.05) is 5.32 Å². The molecule has 4 heteroatoms. The third-order valence-corrected chi connectivity index (χ3v) is 1.90. The van der Waals surface area contributed by atoms with Gasteiger partial charge in [0.05, 0.1) is 6.54 Å². The Kier molecular flexibility index (Phi) is 2.54. The second-order valence-electron chi connectivity index (χ2n) is 3.01. The first-order valence-electron chi connectivity index (χ1n) is 4.42. The van der Waals surface area contributed by atoms with Gasteiger partial charge in [0.25, 0.3) is 0 Å². The zero-order chi connectivity index (χ0) is 9.80. The lowest BCUT2D eigenvalue weighted by molar-refractivity contribution is 1.00. The lowest BCUT2D eigenvalue weighted by atomic mass is 9.96. The fourth-order valence-electron chi connectivity index (χ4n) is 1.23. The van der Waals surface area contributed by atoms with Crippen molar-refractivity contribution in [2.45, 2.75) is 6.54 Å². The van der Waals surface area contributed by atoms with Crippen LogP contribution in [0.1, 0.15) is 5.82 Å². The number of imidazole rings is 1. The molecular weight excluding hydrogens is 173 g/mol. The molecular formula is C10H10BN3. The van der Waals surface area contributed by atoms with Crippen molar-refractivity contribution in [3.05, 3.63) is 42.5 Å². The SMILES string of the molecule is [B]c1cccc(NCc2ncc[nH]2)c1. The first kappa shape index (κ1) is 8.87. The second kappa shape index (κ2) is 4.00. The van der Waals surface area contributed by atoms with E-state index in [4.69, 9.17) is 7.85 Å². The summed E-state index contributed by atoms with van der Waals surface area (Å²) in [6, 6.07) is 7.64. The molecule has 1 aromatic heterocycles. The lowest BCUT2D eigenvalue weighted by Gasteiger charge is -2.04. The molecule has 0 unspecified atom stereocenters. The van der Waals surface area contributed by atoms with Crippen LogP contribution in [0.3, 0.4) is 0 Å². The quantitative estimate of drug-likeness (QED) is 0.691. The van der Waals surface area contributed by atoms with Gasteiger partial charge < -0.3 is 10.3 Å². The van der Waals surface area contributed by atoms with Crippen LogP contribution in [-0.2, 0) is 6.54 Å². The highest BCUT2D eigenvalue weighted by Gasteiger charge is 1.94. The molecule has 68 valence electrons. The molecule has 0 atom stereocenters. The van der Waals surface area contributed by atoms with E-state index in [0.717, 1.165) is 17.0 Å². The Hall–Kier alpha value is -1.71. The molecule has 2 rings (SSSR count). The number of aromatic amines is 1. The molecule has 0 amide bonds. The fourth-order valence-corrected chi connectivity index (χ4v) is 1.23. The van der Waals surface area contributed by atoms with Gasteiger partial charge in [0, 0.05) is 18.1 Å². The number of aromatic nitrogens is 2. The molecule has 1 heterocycles. The third kappa shape index (κ3) is 2.16. The largest absolute Gasteiger partial charge is 0.378 e. The Labute approximate surface area is 84.0 Å². The van der Waals surface area contributed by atoms with Crippen molar-refractivity contribution in [1.29, 1.82) is 0 Å². The summed E-state index contributed by atoms with van der Waals surface area (Å²) < 4.78 is 0. The van der Waals surface area contributed by atoms with Crippen LogP contribution in [0.4, 0.5) is 5.69 Å². The van der Waals surface area contributed by atoms with E-state index in [9.17, 15) is 0 Å². The van der Waals surface area contributed by atoms with Crippen LogP contribution in [-0.4, -0.2) is 17.8 Å². The van der Waals surface area contributed by atoms with Crippen molar-refractivity contribution in [2.24, 2.45) is 0 Å². The van der Waals surface area contributed by atoms with Crippen LogP contribution < -0.4 is 10.8 Å². The van der Waals surface area contributed by atoms with Gasteiger partial charge in [0.15, 0.2) is 0 Å². The van der Waals surface area contributed by atoms with Gasteiger partial charge in [-0.2, -0.15) is 0 Å². The highest BCUT2D eigenvalue weighted by Crippen LogP contribution is 2.04. The van der Waals surface area contributed by atoms with Gasteiger partial charge in [-0.25, -0.2) is 4.98 Å². The Balaban J connectivity index is 1.98. The van der Waals surface area contributed by atoms with E-state index in [-0.39, 0.29) is 0 Å². The molecule has 0 aliphatic rings. The van der Waals surface area contributed by atoms with Crippen molar-refractivity contribution < 1.29 is 0 Å². The Morgan fingerprint density at radius 2 is 2.36 bits per heavy atom. The normalized spacial score (nSPS) is 10.0. The average Bonchev–Trinajstić information content (AvgIpc) is 2.67. The van der Waals surface area contributed by atoms with E-state index in [2.05, 4.69) is 15.3 Å². The fraction of sp³-hybridized carbons (Fsp3) is 0.100. The van der Waals surface area contributed by atoms with Gasteiger partial charge in [0.2, 0.25) is 0 Å². The molecule has 0 aliphatic carbocycles. The molecule has 2 N–H and O–H groups in total. The number of nitrogens with one attached hydrogen (secondary N) is 2. The Bertz CT molecular complexity index is 398. The third-order valence-electron chi connectivity index (χ3n) is 1.90. The van der Waals surface area contributed by atoms with Crippen molar-refractivity contribution >= 4 is 19.0 Å². The molecule has 0 fully saturated rings. The number of benzene rings is 1. The summed E-state index contributed by atoms with van der Waals surface area (Å²) in [6.07, 6.45) is 3.53. The predicted molar refractivity (Wildman–Crippen MR) is 57.7 cm³/mol. The van der Waals surface area contributed by atoms with E-state index in [0.29, 0.717) is 6.54 Å². The van der Waals surface area contributed by atoms with Gasteiger partial charge in [-0.3, -0.25) is 0 Å². The molecule has 0 saturated heterocycles. The predicted octanol–water partition coefficient (Wildman–Crippen LogP) is 0.816. The molecule has 2 aromatic rings. The van der Waals surface area contributed by atoms with Crippen molar-refractivity contribution in [3.8, 4) is 0 Å². The number of hydrogen-bond donors (Lipinski definition) is 2. The standard InChI is InChI=1S/C10H10BN3/c11-8-2-1-3-9(6-8)14-7-10-12-4-5-13-10/h1-6,14H,7H2,(H,12,13). The number of rotatable bonds is 3. The minimum absolute atomic E-state index is 0.677. The summed E-state index contributed by atoms with van der Waals surface area (Å²) in [4.78, 5) is 7.12. The average molecular weight is 183 g/mol. The first-order valence-corrected chi connectivity index (χ1v) is 4.42. The van der Waals surface area contributed by atoms with E-state index in [1.807, 2.05) is 24.3 Å². The monoisotopic (exact) mass is 183 g/mol. The van der Waals surface area contributed by atoms with E-state index in [1.165, 1.54) is 0 Å². The van der Waals surface area contributed by atoms with E-state index in [1.54, 1.807) is 12.4 Å². The second-order valence-corrected chi connectivity index (χ2v) is 3.01. The van der Waals surface area contributed by atoms with Gasteiger partial charge in [-0.05, 0) is 12.1 Å². The van der Waals surface area contributed by atoms with Gasteiger partial charge >= 0.3 is 0 Å². The van der Waals surface area contributed by atoms with Crippen LogP contribution in [0.2, 0.25) is 0 Å². The van der Waals surface area contributed by atoms with Crippen LogP contribution in [0, 0.1) is 0 Å². The topological polar surface area (TPSA) is 40.7 Å². The molecule has 0 bridgehead atoms. The summed E-state index contributed by atoms with van der Waals surface area (Å²) in [5.41, 5.74) is 1.76. The maximum Gasteiger partial charge on any atom is 0.125 e. The summed E-state index contributed by atoms with van der Waals surface area (Å²) in [7, 11) is 5.64. The summed E-state index contributed by atoms with van der Waals surface area (Å²) in [5, 5.41) is 3.21. The first-order chi connectivity index (χ1) is 6.84. The zero-order valence-electron chi connectivity index (χ0n) is 7.70. The number of H-pyrrole nitrogens is 1. The zero-order valence-corrected chi connectivity index (χ0v) is 7.70. The Morgan fingerprint density at radius 1 is 1.43 bits per heavy atom. The van der Waals surface area contributed by atoms with Crippen molar-refractivity contribution in [1.82, 2.24) is 9.97 Å². The van der Waals surface area contributed by atoms with Gasteiger partial charge in [-0.1, -0.05) is 17.6 Å². The maximum atomic E-state index is 5.64. The Morgan fingerprint density at radius 3 is 3.07 bits per heavy atom. The summed E-state index contributed by atoms with van der Waals surface area (Å²) in [5.74, 6) is 0.910. The van der Waals surface area contributed by atoms with Crippen LogP contribution >= 0.6 is 0 Å². The summed E-state index contributed by atoms with van der Waals surface area (Å²) >= 11 is 0. The van der Waals surface area contributed by atoms with Gasteiger partial charge in [-0.15, -0.1) is 0 Å². The van der Waals surface area contributed by atoms with E-state index >= 15 is 0 Å². The molecule has 3 nitrogen and oxygen atoms in total. The molecule has 0 spiro atoms. The molecule has 0 aliphatic heterocycles. The minimum atomic E-state index is 0.677. The number of anilines is 1. The smallest absolute Gasteiger partial charge is 0.125 e. The van der Waals surface area contributed by atoms with Gasteiger partial charge in [0.1, 0.15) is 13.7 Å². The van der Waals surface area contributed by atoms with E-state index < -0.39 is 0 Å². The molecule has 14 heavy (non-hydrogen) atoms. The number of nitrogens with zero attached hydrogens (tertiary/aromatic N) is 1. The lowest BCUT2D eigenvalue weighted by Crippen LogP contribution is -2.06. The van der Waals surface area contributed by atoms with Crippen molar-refractivity contribution in [3.63, 3.8) is 0 Å². The van der Waals surface area contributed by atoms with Crippen LogP contribution in [0.15, 0.2) is 36.7 Å². The molecule has 0 saturated carbocycles. The minimum Gasteiger partial charge on any atom is -0.378 e. The molecule has 2 radical (unpaired) electrons. The number of hydrogen-bond acceptors (Lipinski definition) is 2.